The second-order valence-corrected chi connectivity index (χ2v) is 2.91. The number of nitrogens with one attached hydrogen (secondary N) is 1. The number of hydroxylamine groups is 1. The van der Waals surface area contributed by atoms with Crippen LogP contribution in [0.15, 0.2) is 18.2 Å². The van der Waals surface area contributed by atoms with Crippen molar-refractivity contribution in [3.63, 3.8) is 0 Å². The van der Waals surface area contributed by atoms with Crippen molar-refractivity contribution in [1.82, 2.24) is 5.48 Å². The monoisotopic (exact) mass is 181 g/mol. The number of rotatable bonds is 3. The molecule has 0 saturated carbocycles. The highest BCUT2D eigenvalue weighted by atomic mass is 16.6. The van der Waals surface area contributed by atoms with Crippen molar-refractivity contribution in [1.29, 1.82) is 0 Å². The summed E-state index contributed by atoms with van der Waals surface area (Å²) in [5.41, 5.74) is 6.49. The van der Waals surface area contributed by atoms with E-state index in [1.165, 1.54) is 16.7 Å². The first-order chi connectivity index (χ1) is 5.74. The quantitative estimate of drug-likeness (QED) is 0.724. The molecule has 0 fully saturated rings. The van der Waals surface area contributed by atoms with Crippen molar-refractivity contribution in [2.45, 2.75) is 27.9 Å². The van der Waals surface area contributed by atoms with Crippen LogP contribution in [0.3, 0.4) is 0 Å². The van der Waals surface area contributed by atoms with Crippen molar-refractivity contribution in [2.24, 2.45) is 0 Å². The molecule has 0 amide bonds. The second-order valence-electron chi connectivity index (χ2n) is 2.91. The van der Waals surface area contributed by atoms with Gasteiger partial charge in [-0.3, -0.25) is 4.84 Å². The minimum Gasteiger partial charge on any atom is -0.297 e. The molecule has 0 heterocycles. The fraction of sp³-hybridized carbons (Fsp3) is 0.455. The van der Waals surface area contributed by atoms with E-state index in [0.29, 0.717) is 6.61 Å². The van der Waals surface area contributed by atoms with Gasteiger partial charge in [0.15, 0.2) is 0 Å². The van der Waals surface area contributed by atoms with Gasteiger partial charge in [0.2, 0.25) is 0 Å². The third kappa shape index (κ3) is 3.57. The molecule has 1 aromatic carbocycles. The Morgan fingerprint density at radius 3 is 2.46 bits per heavy atom. The summed E-state index contributed by atoms with van der Waals surface area (Å²) >= 11 is 0. The zero-order chi connectivity index (χ0) is 8.97. The Kier molecular flexibility index (Phi) is 5.35. The molecule has 74 valence electrons. The van der Waals surface area contributed by atoms with Crippen LogP contribution >= 0.6 is 0 Å². The zero-order valence-corrected chi connectivity index (χ0v) is 7.85. The van der Waals surface area contributed by atoms with E-state index in [4.69, 9.17) is 4.84 Å². The maximum Gasteiger partial charge on any atom is 0.0932 e. The molecule has 0 aliphatic rings. The molecule has 2 heteroatoms. The van der Waals surface area contributed by atoms with Gasteiger partial charge in [0.05, 0.1) is 6.61 Å². The van der Waals surface area contributed by atoms with Gasteiger partial charge in [-0.2, -0.15) is 0 Å². The summed E-state index contributed by atoms with van der Waals surface area (Å²) in [6.45, 7) is 4.84. The highest BCUT2D eigenvalue weighted by Gasteiger charge is 1.95. The van der Waals surface area contributed by atoms with Crippen LogP contribution in [0.4, 0.5) is 0 Å². The Bertz CT molecular complexity index is 258. The lowest BCUT2D eigenvalue weighted by atomic mass is 10.1. The first-order valence-electron chi connectivity index (χ1n) is 4.08. The highest BCUT2D eigenvalue weighted by molar-refractivity contribution is 5.29. The number of hydrogen-bond donors (Lipinski definition) is 1. The van der Waals surface area contributed by atoms with Crippen LogP contribution in [0.1, 0.15) is 24.1 Å². The summed E-state index contributed by atoms with van der Waals surface area (Å²) < 4.78 is 0. The maximum absolute atomic E-state index is 5.06. The van der Waals surface area contributed by atoms with Crippen molar-refractivity contribution in [3.8, 4) is 0 Å². The summed E-state index contributed by atoms with van der Waals surface area (Å²) in [5, 5.41) is 0. The molecular weight excluding hydrogens is 162 g/mol. The minimum atomic E-state index is 0. The van der Waals surface area contributed by atoms with Gasteiger partial charge in [0, 0.05) is 7.05 Å². The van der Waals surface area contributed by atoms with E-state index in [9.17, 15) is 0 Å². The Balaban J connectivity index is 0.00000144. The lowest BCUT2D eigenvalue weighted by molar-refractivity contribution is 0.0444. The largest absolute Gasteiger partial charge is 0.297 e. The average molecular weight is 181 g/mol. The first-order valence-corrected chi connectivity index (χ1v) is 4.08. The molecule has 0 bridgehead atoms. The standard InChI is InChI=1S/C10H15NO.CH4/c1-8-4-5-10(6-9(8)2)7-12-11-3;/h4-6,11H,7H2,1-3H3;1H4. The normalized spacial score (nSPS) is 9.46. The topological polar surface area (TPSA) is 21.3 Å². The number of aryl methyl sites for hydroxylation is 2. The predicted octanol–water partition coefficient (Wildman–Crippen LogP) is 2.59. The molecule has 13 heavy (non-hydrogen) atoms. The Morgan fingerprint density at radius 1 is 1.23 bits per heavy atom. The van der Waals surface area contributed by atoms with E-state index in [0.717, 1.165) is 0 Å². The Morgan fingerprint density at radius 2 is 1.92 bits per heavy atom. The van der Waals surface area contributed by atoms with Crippen molar-refractivity contribution in [3.05, 3.63) is 34.9 Å². The molecule has 1 rings (SSSR count). The van der Waals surface area contributed by atoms with Crippen LogP contribution in [0.5, 0.6) is 0 Å². The fourth-order valence-electron chi connectivity index (χ4n) is 1.05. The fourth-order valence-corrected chi connectivity index (χ4v) is 1.05. The van der Waals surface area contributed by atoms with E-state index >= 15 is 0 Å². The first kappa shape index (κ1) is 12.1. The SMILES string of the molecule is C.CNOCc1ccc(C)c(C)c1. The molecule has 0 unspecified atom stereocenters. The van der Waals surface area contributed by atoms with Gasteiger partial charge in [0.1, 0.15) is 0 Å². The van der Waals surface area contributed by atoms with Crippen LogP contribution in [-0.2, 0) is 11.4 Å². The molecule has 0 aromatic heterocycles. The van der Waals surface area contributed by atoms with Crippen LogP contribution < -0.4 is 5.48 Å². The molecule has 0 atom stereocenters. The van der Waals surface area contributed by atoms with Gasteiger partial charge < -0.3 is 0 Å². The molecule has 0 aliphatic carbocycles. The van der Waals surface area contributed by atoms with E-state index in [-0.39, 0.29) is 7.43 Å². The molecule has 0 aliphatic heterocycles. The summed E-state index contributed by atoms with van der Waals surface area (Å²) in [6, 6.07) is 6.34. The number of hydrogen-bond acceptors (Lipinski definition) is 2. The lowest BCUT2D eigenvalue weighted by Crippen LogP contribution is -2.06. The summed E-state index contributed by atoms with van der Waals surface area (Å²) in [4.78, 5) is 5.06. The summed E-state index contributed by atoms with van der Waals surface area (Å²) in [7, 11) is 1.76. The summed E-state index contributed by atoms with van der Waals surface area (Å²) in [5.74, 6) is 0. The van der Waals surface area contributed by atoms with Crippen molar-refractivity contribution < 1.29 is 4.84 Å². The van der Waals surface area contributed by atoms with Gasteiger partial charge in [-0.15, -0.1) is 0 Å². The molecule has 1 N–H and O–H groups in total. The van der Waals surface area contributed by atoms with Crippen LogP contribution in [0.25, 0.3) is 0 Å². The van der Waals surface area contributed by atoms with Gasteiger partial charge >= 0.3 is 0 Å². The Hall–Kier alpha value is -0.860. The van der Waals surface area contributed by atoms with Crippen molar-refractivity contribution >= 4 is 0 Å². The predicted molar refractivity (Wildman–Crippen MR) is 56.5 cm³/mol. The molecule has 0 spiro atoms. The third-order valence-corrected chi connectivity index (χ3v) is 1.95. The smallest absolute Gasteiger partial charge is 0.0932 e. The molecule has 1 aromatic rings. The van der Waals surface area contributed by atoms with E-state index in [1.807, 2.05) is 0 Å². The molecule has 0 saturated heterocycles. The van der Waals surface area contributed by atoms with Gasteiger partial charge in [0.25, 0.3) is 0 Å². The maximum atomic E-state index is 5.06. The van der Waals surface area contributed by atoms with Gasteiger partial charge in [-0.25, -0.2) is 5.48 Å². The average Bonchev–Trinajstić information content (AvgIpc) is 2.07. The van der Waals surface area contributed by atoms with Crippen LogP contribution in [0, 0.1) is 13.8 Å². The zero-order valence-electron chi connectivity index (χ0n) is 7.85. The summed E-state index contributed by atoms with van der Waals surface area (Å²) in [6.07, 6.45) is 0. The number of benzene rings is 1. The lowest BCUT2D eigenvalue weighted by Gasteiger charge is -2.04. The van der Waals surface area contributed by atoms with E-state index in [2.05, 4.69) is 37.5 Å². The highest BCUT2D eigenvalue weighted by Crippen LogP contribution is 2.09. The van der Waals surface area contributed by atoms with Gasteiger partial charge in [-0.1, -0.05) is 25.6 Å². The van der Waals surface area contributed by atoms with Crippen molar-refractivity contribution in [2.75, 3.05) is 7.05 Å². The molecular formula is C11H19NO. The molecule has 0 radical (unpaired) electrons. The van der Waals surface area contributed by atoms with Gasteiger partial charge in [-0.05, 0) is 30.5 Å². The molecule has 2 nitrogen and oxygen atoms in total. The van der Waals surface area contributed by atoms with Crippen LogP contribution in [0.2, 0.25) is 0 Å². The van der Waals surface area contributed by atoms with E-state index in [1.54, 1.807) is 7.05 Å². The second kappa shape index (κ2) is 5.73. The third-order valence-electron chi connectivity index (χ3n) is 1.95. The Labute approximate surface area is 80.9 Å². The van der Waals surface area contributed by atoms with E-state index < -0.39 is 0 Å². The van der Waals surface area contributed by atoms with Crippen LogP contribution in [-0.4, -0.2) is 7.05 Å². The minimum absolute atomic E-state index is 0.